The molecule has 5 rings (SSSR count). The molecule has 0 spiro atoms. The summed E-state index contributed by atoms with van der Waals surface area (Å²) in [7, 11) is -0.756. The van der Waals surface area contributed by atoms with Crippen LogP contribution in [0.5, 0.6) is 5.75 Å². The van der Waals surface area contributed by atoms with E-state index < -0.39 is 22.0 Å². The predicted molar refractivity (Wildman–Crippen MR) is 173 cm³/mol. The Morgan fingerprint density at radius 1 is 0.978 bits per heavy atom. The van der Waals surface area contributed by atoms with Crippen molar-refractivity contribution in [2.75, 3.05) is 25.0 Å². The molecule has 0 unspecified atom stereocenters. The number of aromatic nitrogens is 1. The topological polar surface area (TPSA) is 164 Å². The number of aliphatic carboxylic acids is 2. The molecule has 3 aromatic carbocycles. The van der Waals surface area contributed by atoms with Crippen LogP contribution in [0.25, 0.3) is 11.3 Å². The third-order valence-corrected chi connectivity index (χ3v) is 9.61. The van der Waals surface area contributed by atoms with Crippen LogP contribution in [0.15, 0.2) is 89.8 Å². The van der Waals surface area contributed by atoms with Crippen molar-refractivity contribution in [2.45, 2.75) is 43.2 Å². The summed E-state index contributed by atoms with van der Waals surface area (Å²) in [4.78, 5) is 24.4. The van der Waals surface area contributed by atoms with Gasteiger partial charge in [0.25, 0.3) is 10.0 Å². The van der Waals surface area contributed by atoms with Gasteiger partial charge in [0.15, 0.2) is 0 Å². The zero-order chi connectivity index (χ0) is 33.3. The number of hydrogen-bond donors (Lipinski definition) is 3. The Labute approximate surface area is 268 Å². The molecule has 2 heterocycles. The number of H-pyrrole nitrogens is 1. The highest BCUT2D eigenvalue weighted by molar-refractivity contribution is 7.92. The highest BCUT2D eigenvalue weighted by Crippen LogP contribution is 2.35. The predicted octanol–water partition coefficient (Wildman–Crippen LogP) is 5.66. The van der Waals surface area contributed by atoms with Gasteiger partial charge in [-0.2, -0.15) is 5.26 Å². The molecular formula is C34H36N4O7S. The molecule has 0 radical (unpaired) electrons. The first-order chi connectivity index (χ1) is 22.0. The molecule has 1 aliphatic rings. The molecular weight excluding hydrogens is 608 g/mol. The molecule has 1 aliphatic heterocycles. The van der Waals surface area contributed by atoms with E-state index in [4.69, 9.17) is 29.8 Å². The molecule has 240 valence electrons. The monoisotopic (exact) mass is 644 g/mol. The summed E-state index contributed by atoms with van der Waals surface area (Å²) >= 11 is 0. The lowest BCUT2D eigenvalue weighted by atomic mass is 10.0. The zero-order valence-electron chi connectivity index (χ0n) is 25.6. The third-order valence-electron chi connectivity index (χ3n) is 7.83. The van der Waals surface area contributed by atoms with Crippen molar-refractivity contribution in [1.82, 2.24) is 9.88 Å². The van der Waals surface area contributed by atoms with Crippen LogP contribution in [-0.4, -0.2) is 61.2 Å². The lowest BCUT2D eigenvalue weighted by molar-refractivity contribution is -0.159. The number of likely N-dealkylation sites (tertiary alicyclic amines) is 1. The highest BCUT2D eigenvalue weighted by Gasteiger charge is 2.25. The van der Waals surface area contributed by atoms with Crippen molar-refractivity contribution in [1.29, 1.82) is 5.26 Å². The molecule has 46 heavy (non-hydrogen) atoms. The summed E-state index contributed by atoms with van der Waals surface area (Å²) in [6.45, 7) is 1.81. The molecule has 0 bridgehead atoms. The standard InChI is InChI=1S/C32H34N4O3S.C2H2O4/c1-35(27-15-12-24(22-33)13-16-27)40(37,38)28-17-19-32(39-2)29(21-28)30-18-14-26(34-30)23-36-20-8-4-7-11-31(36)25-9-5-3-6-10-25;3-1(4)2(5)6/h3,5-6,9-10,12-19,21,31,34H,4,7-8,11,20,23H2,1-2H3;(H,3,4)(H,5,6)/t31-;/m1./s1. The highest BCUT2D eigenvalue weighted by atomic mass is 32.2. The number of anilines is 1. The Morgan fingerprint density at radius 2 is 1.67 bits per heavy atom. The van der Waals surface area contributed by atoms with E-state index >= 15 is 0 Å². The van der Waals surface area contributed by atoms with Crippen molar-refractivity contribution in [3.63, 3.8) is 0 Å². The molecule has 0 saturated carbocycles. The number of nitrogens with one attached hydrogen (secondary N) is 1. The maximum absolute atomic E-state index is 13.5. The van der Waals surface area contributed by atoms with E-state index in [2.05, 4.69) is 52.4 Å². The van der Waals surface area contributed by atoms with Gasteiger partial charge >= 0.3 is 11.9 Å². The molecule has 0 aliphatic carbocycles. The number of nitrogens with zero attached hydrogens (tertiary/aromatic N) is 3. The maximum Gasteiger partial charge on any atom is 0.414 e. The Bertz CT molecular complexity index is 1790. The minimum Gasteiger partial charge on any atom is -0.496 e. The lowest BCUT2D eigenvalue weighted by Crippen LogP contribution is -2.28. The van der Waals surface area contributed by atoms with Crippen LogP contribution >= 0.6 is 0 Å². The molecule has 1 atom stereocenters. The lowest BCUT2D eigenvalue weighted by Gasteiger charge is -2.30. The van der Waals surface area contributed by atoms with Gasteiger partial charge in [0.1, 0.15) is 5.75 Å². The van der Waals surface area contributed by atoms with Crippen LogP contribution in [0.1, 0.15) is 48.5 Å². The minimum atomic E-state index is -3.85. The molecule has 4 aromatic rings. The van der Waals surface area contributed by atoms with E-state index in [-0.39, 0.29) is 4.90 Å². The van der Waals surface area contributed by atoms with Crippen molar-refractivity contribution in [3.05, 3.63) is 102 Å². The van der Waals surface area contributed by atoms with Crippen LogP contribution < -0.4 is 9.04 Å². The van der Waals surface area contributed by atoms with Crippen LogP contribution in [0.4, 0.5) is 5.69 Å². The van der Waals surface area contributed by atoms with Gasteiger partial charge < -0.3 is 19.9 Å². The van der Waals surface area contributed by atoms with Gasteiger partial charge in [0, 0.05) is 36.6 Å². The van der Waals surface area contributed by atoms with E-state index in [9.17, 15) is 8.42 Å². The molecule has 0 amide bonds. The normalized spacial score (nSPS) is 15.0. The Hall–Kier alpha value is -5.12. The number of sulfonamides is 1. The first-order valence-electron chi connectivity index (χ1n) is 14.7. The summed E-state index contributed by atoms with van der Waals surface area (Å²) in [5.74, 6) is -3.06. The van der Waals surface area contributed by atoms with Crippen LogP contribution in [0.3, 0.4) is 0 Å². The number of ether oxygens (including phenoxy) is 1. The second-order valence-corrected chi connectivity index (χ2v) is 12.7. The van der Waals surface area contributed by atoms with E-state index in [1.165, 1.54) is 36.2 Å². The summed E-state index contributed by atoms with van der Waals surface area (Å²) in [6.07, 6.45) is 4.78. The summed E-state index contributed by atoms with van der Waals surface area (Å²) in [5.41, 5.74) is 4.85. The fourth-order valence-corrected chi connectivity index (χ4v) is 6.64. The van der Waals surface area contributed by atoms with Crippen LogP contribution in [0, 0.1) is 11.3 Å². The van der Waals surface area contributed by atoms with Gasteiger partial charge in [-0.1, -0.05) is 43.2 Å². The van der Waals surface area contributed by atoms with Crippen LogP contribution in [-0.2, 0) is 26.2 Å². The summed E-state index contributed by atoms with van der Waals surface area (Å²) in [6, 6.07) is 28.6. The van der Waals surface area contributed by atoms with Gasteiger partial charge in [0.2, 0.25) is 0 Å². The van der Waals surface area contributed by atoms with E-state index in [1.807, 2.05) is 6.07 Å². The Morgan fingerprint density at radius 3 is 2.30 bits per heavy atom. The number of hydrogen-bond acceptors (Lipinski definition) is 7. The zero-order valence-corrected chi connectivity index (χ0v) is 26.4. The minimum absolute atomic E-state index is 0.156. The van der Waals surface area contributed by atoms with Gasteiger partial charge in [-0.25, -0.2) is 18.0 Å². The van der Waals surface area contributed by atoms with Gasteiger partial charge in [0.05, 0.1) is 29.3 Å². The average molecular weight is 645 g/mol. The fourth-order valence-electron chi connectivity index (χ4n) is 5.42. The number of aromatic amines is 1. The molecule has 11 nitrogen and oxygen atoms in total. The van der Waals surface area contributed by atoms with E-state index in [1.54, 1.807) is 49.6 Å². The Kier molecular flexibility index (Phi) is 11.2. The number of methoxy groups -OCH3 is 1. The first-order valence-corrected chi connectivity index (χ1v) is 16.1. The van der Waals surface area contributed by atoms with Gasteiger partial charge in [-0.3, -0.25) is 9.21 Å². The number of benzene rings is 3. The summed E-state index contributed by atoms with van der Waals surface area (Å²) < 4.78 is 33.9. The van der Waals surface area contributed by atoms with E-state index in [0.29, 0.717) is 28.6 Å². The number of rotatable bonds is 8. The smallest absolute Gasteiger partial charge is 0.414 e. The first kappa shape index (κ1) is 33.8. The SMILES string of the molecule is COc1ccc(S(=O)(=O)N(C)c2ccc(C#N)cc2)cc1-c1ccc(CN2CCCCC[C@@H]2c2ccccc2)[nH]1.O=C(O)C(=O)O. The summed E-state index contributed by atoms with van der Waals surface area (Å²) in [5, 5.41) is 23.8. The van der Waals surface area contributed by atoms with Gasteiger partial charge in [-0.05, 0) is 79.5 Å². The average Bonchev–Trinajstić information content (AvgIpc) is 3.41. The second kappa shape index (κ2) is 15.2. The molecule has 3 N–H and O–H groups in total. The number of carboxylic acids is 2. The fraction of sp³-hybridized carbons (Fsp3) is 0.265. The van der Waals surface area contributed by atoms with E-state index in [0.717, 1.165) is 30.9 Å². The van der Waals surface area contributed by atoms with Crippen molar-refractivity contribution in [2.24, 2.45) is 0 Å². The van der Waals surface area contributed by atoms with Crippen LogP contribution in [0.2, 0.25) is 0 Å². The molecule has 1 saturated heterocycles. The molecule has 1 fully saturated rings. The maximum atomic E-state index is 13.5. The number of carboxylic acid groups (broad SMARTS) is 2. The molecule has 1 aromatic heterocycles. The second-order valence-electron chi connectivity index (χ2n) is 10.7. The number of carbonyl (C=O) groups is 2. The third kappa shape index (κ3) is 8.12. The van der Waals surface area contributed by atoms with Crippen molar-refractivity contribution in [3.8, 4) is 23.1 Å². The van der Waals surface area contributed by atoms with Crippen molar-refractivity contribution < 1.29 is 33.0 Å². The largest absolute Gasteiger partial charge is 0.496 e. The van der Waals surface area contributed by atoms with Gasteiger partial charge in [-0.15, -0.1) is 0 Å². The Balaban J connectivity index is 0.000000731. The number of nitriles is 1. The van der Waals surface area contributed by atoms with Crippen molar-refractivity contribution >= 4 is 27.6 Å². The molecule has 12 heteroatoms. The quantitative estimate of drug-likeness (QED) is 0.205.